The predicted molar refractivity (Wildman–Crippen MR) is 114 cm³/mol. The first-order valence-electron chi connectivity index (χ1n) is 10.0. The molecule has 3 aromatic rings. The molecule has 1 aliphatic carbocycles. The van der Waals surface area contributed by atoms with Crippen LogP contribution in [0.25, 0.3) is 5.65 Å². The minimum atomic E-state index is -0.723. The van der Waals surface area contributed by atoms with Crippen LogP contribution in [-0.2, 0) is 4.74 Å². The lowest BCUT2D eigenvalue weighted by atomic mass is 10.2. The number of benzene rings is 1. The number of anilines is 3. The number of carbonyl (C=O) groups excluding carboxylic acids is 1. The second kappa shape index (κ2) is 7.27. The molecular formula is C22H26FN5O2. The molecule has 1 amide bonds. The van der Waals surface area contributed by atoms with Gasteiger partial charge in [0.2, 0.25) is 0 Å². The molecule has 0 radical (unpaired) electrons. The monoisotopic (exact) mass is 411 g/mol. The van der Waals surface area contributed by atoms with E-state index in [0.29, 0.717) is 34.5 Å². The number of rotatable bonds is 4. The van der Waals surface area contributed by atoms with Crippen molar-refractivity contribution in [3.05, 3.63) is 47.4 Å². The van der Waals surface area contributed by atoms with E-state index in [2.05, 4.69) is 15.4 Å². The molecule has 4 rings (SSSR count). The number of hydrogen-bond acceptors (Lipinski definition) is 5. The zero-order valence-electron chi connectivity index (χ0n) is 17.9. The Morgan fingerprint density at radius 2 is 2.00 bits per heavy atom. The van der Waals surface area contributed by atoms with Crippen molar-refractivity contribution in [2.24, 2.45) is 0 Å². The molecule has 0 saturated heterocycles. The van der Waals surface area contributed by atoms with Crippen LogP contribution >= 0.6 is 0 Å². The number of aryl methyl sites for hydroxylation is 1. The molecule has 8 heteroatoms. The van der Waals surface area contributed by atoms with Crippen molar-refractivity contribution in [3.8, 4) is 0 Å². The second-order valence-corrected chi connectivity index (χ2v) is 8.66. The highest BCUT2D eigenvalue weighted by Crippen LogP contribution is 2.42. The van der Waals surface area contributed by atoms with Gasteiger partial charge in [0.15, 0.2) is 5.65 Å². The SMILES string of the molecule is CNc1cc(N(C(=O)OC(C)(C)C)c2cc(C)cc(F)c2)n2ncc(C3CC3)c2n1. The van der Waals surface area contributed by atoms with Crippen LogP contribution in [0.2, 0.25) is 0 Å². The van der Waals surface area contributed by atoms with E-state index >= 15 is 0 Å². The van der Waals surface area contributed by atoms with E-state index in [4.69, 9.17) is 4.74 Å². The first-order chi connectivity index (χ1) is 14.2. The first kappa shape index (κ1) is 20.1. The number of nitrogens with one attached hydrogen (secondary N) is 1. The van der Waals surface area contributed by atoms with E-state index < -0.39 is 17.5 Å². The molecule has 2 aromatic heterocycles. The van der Waals surface area contributed by atoms with E-state index in [0.717, 1.165) is 18.4 Å². The lowest BCUT2D eigenvalue weighted by molar-refractivity contribution is 0.0597. The highest BCUT2D eigenvalue weighted by molar-refractivity contribution is 5.96. The van der Waals surface area contributed by atoms with Crippen LogP contribution in [0, 0.1) is 12.7 Å². The van der Waals surface area contributed by atoms with Gasteiger partial charge in [-0.15, -0.1) is 0 Å². The van der Waals surface area contributed by atoms with Gasteiger partial charge in [0.25, 0.3) is 0 Å². The molecule has 0 bridgehead atoms. The zero-order chi connectivity index (χ0) is 21.6. The van der Waals surface area contributed by atoms with Gasteiger partial charge in [-0.1, -0.05) is 0 Å². The fourth-order valence-electron chi connectivity index (χ4n) is 3.42. The topological polar surface area (TPSA) is 71.8 Å². The molecule has 1 fully saturated rings. The molecule has 1 aromatic carbocycles. The fraction of sp³-hybridized carbons (Fsp3) is 0.409. The molecule has 0 atom stereocenters. The minimum Gasteiger partial charge on any atom is -0.443 e. The van der Waals surface area contributed by atoms with Crippen LogP contribution in [0.4, 0.5) is 26.5 Å². The summed E-state index contributed by atoms with van der Waals surface area (Å²) in [6.07, 6.45) is 3.38. The van der Waals surface area contributed by atoms with E-state index in [1.54, 1.807) is 57.6 Å². The van der Waals surface area contributed by atoms with E-state index in [9.17, 15) is 9.18 Å². The van der Waals surface area contributed by atoms with Gasteiger partial charge in [-0.05, 0) is 70.2 Å². The van der Waals surface area contributed by atoms with E-state index in [1.165, 1.54) is 17.0 Å². The molecule has 0 aliphatic heterocycles. The third-order valence-electron chi connectivity index (χ3n) is 4.84. The van der Waals surface area contributed by atoms with Crippen molar-refractivity contribution >= 4 is 29.1 Å². The minimum absolute atomic E-state index is 0.361. The number of hydrogen-bond donors (Lipinski definition) is 1. The summed E-state index contributed by atoms with van der Waals surface area (Å²) >= 11 is 0. The first-order valence-corrected chi connectivity index (χ1v) is 10.0. The fourth-order valence-corrected chi connectivity index (χ4v) is 3.42. The van der Waals surface area contributed by atoms with Gasteiger partial charge in [0.1, 0.15) is 23.1 Å². The maximum absolute atomic E-state index is 14.3. The molecule has 30 heavy (non-hydrogen) atoms. The average molecular weight is 411 g/mol. The molecule has 0 unspecified atom stereocenters. The third kappa shape index (κ3) is 3.94. The van der Waals surface area contributed by atoms with Gasteiger partial charge in [0, 0.05) is 18.7 Å². The summed E-state index contributed by atoms with van der Waals surface area (Å²) in [6.45, 7) is 7.15. The summed E-state index contributed by atoms with van der Waals surface area (Å²) in [4.78, 5) is 19.3. The maximum Gasteiger partial charge on any atom is 0.420 e. The summed E-state index contributed by atoms with van der Waals surface area (Å²) in [6, 6.07) is 6.18. The highest BCUT2D eigenvalue weighted by Gasteiger charge is 2.32. The molecule has 1 aliphatic rings. The Hall–Kier alpha value is -3.16. The van der Waals surface area contributed by atoms with Crippen LogP contribution < -0.4 is 10.2 Å². The van der Waals surface area contributed by atoms with Gasteiger partial charge >= 0.3 is 6.09 Å². The number of carbonyl (C=O) groups is 1. The van der Waals surface area contributed by atoms with Gasteiger partial charge in [-0.2, -0.15) is 9.61 Å². The summed E-state index contributed by atoms with van der Waals surface area (Å²) in [7, 11) is 1.76. The normalized spacial score (nSPS) is 14.1. The standard InChI is InChI=1S/C22H26FN5O2/c1-13-8-15(23)10-16(9-13)27(21(29)30-22(2,3)4)19-11-18(24-5)26-20-17(14-6-7-14)12-25-28(19)20/h8-12,14H,6-7H2,1-5H3,(H,24,26). The number of ether oxygens (including phenoxy) is 1. The van der Waals surface area contributed by atoms with Gasteiger partial charge < -0.3 is 10.1 Å². The molecule has 1 N–H and O–H groups in total. The van der Waals surface area contributed by atoms with Crippen molar-refractivity contribution in [1.29, 1.82) is 0 Å². The Labute approximate surface area is 174 Å². The Kier molecular flexibility index (Phi) is 4.88. The van der Waals surface area contributed by atoms with Crippen molar-refractivity contribution in [1.82, 2.24) is 14.6 Å². The summed E-state index contributed by atoms with van der Waals surface area (Å²) in [5, 5.41) is 7.56. The van der Waals surface area contributed by atoms with Gasteiger partial charge in [-0.25, -0.2) is 19.1 Å². The lowest BCUT2D eigenvalue weighted by Gasteiger charge is -2.28. The molecule has 158 valence electrons. The number of amides is 1. The number of fused-ring (bicyclic) bond motifs is 1. The molecule has 1 saturated carbocycles. The second-order valence-electron chi connectivity index (χ2n) is 8.66. The average Bonchev–Trinajstić information content (AvgIpc) is 3.38. The summed E-state index contributed by atoms with van der Waals surface area (Å²) in [5.41, 5.74) is 2.06. The zero-order valence-corrected chi connectivity index (χ0v) is 17.9. The Morgan fingerprint density at radius 1 is 1.27 bits per heavy atom. The van der Waals surface area contributed by atoms with E-state index in [-0.39, 0.29) is 0 Å². The maximum atomic E-state index is 14.3. The Morgan fingerprint density at radius 3 is 2.60 bits per heavy atom. The summed E-state index contributed by atoms with van der Waals surface area (Å²) in [5.74, 6) is 1.01. The number of aromatic nitrogens is 3. The smallest absolute Gasteiger partial charge is 0.420 e. The molecule has 2 heterocycles. The number of halogens is 1. The largest absolute Gasteiger partial charge is 0.443 e. The van der Waals surface area contributed by atoms with Crippen molar-refractivity contribution in [2.75, 3.05) is 17.3 Å². The summed E-state index contributed by atoms with van der Waals surface area (Å²) < 4.78 is 21.5. The van der Waals surface area contributed by atoms with Crippen molar-refractivity contribution in [3.63, 3.8) is 0 Å². The van der Waals surface area contributed by atoms with Crippen LogP contribution in [0.3, 0.4) is 0 Å². The van der Waals surface area contributed by atoms with Crippen LogP contribution in [0.5, 0.6) is 0 Å². The third-order valence-corrected chi connectivity index (χ3v) is 4.84. The van der Waals surface area contributed by atoms with Crippen LogP contribution in [0.1, 0.15) is 50.7 Å². The molecular weight excluding hydrogens is 385 g/mol. The van der Waals surface area contributed by atoms with Gasteiger partial charge in [-0.3, -0.25) is 0 Å². The van der Waals surface area contributed by atoms with Crippen LogP contribution in [-0.4, -0.2) is 33.3 Å². The van der Waals surface area contributed by atoms with Crippen molar-refractivity contribution in [2.45, 2.75) is 52.1 Å². The quantitative estimate of drug-likeness (QED) is 0.641. The van der Waals surface area contributed by atoms with Gasteiger partial charge in [0.05, 0.1) is 11.9 Å². The van der Waals surface area contributed by atoms with E-state index in [1.807, 2.05) is 0 Å². The Bertz CT molecular complexity index is 1090. The number of nitrogens with zero attached hydrogens (tertiary/aromatic N) is 4. The Balaban J connectivity index is 1.94. The lowest BCUT2D eigenvalue weighted by Crippen LogP contribution is -2.35. The van der Waals surface area contributed by atoms with Crippen LogP contribution in [0.15, 0.2) is 30.5 Å². The predicted octanol–water partition coefficient (Wildman–Crippen LogP) is 5.17. The molecule has 0 spiro atoms. The molecule has 7 nitrogen and oxygen atoms in total. The highest BCUT2D eigenvalue weighted by atomic mass is 19.1. The van der Waals surface area contributed by atoms with Crippen molar-refractivity contribution < 1.29 is 13.9 Å².